The van der Waals surface area contributed by atoms with Gasteiger partial charge >= 0.3 is 0 Å². The molecule has 2 heterocycles. The smallest absolute Gasteiger partial charge is 0.193 e. The van der Waals surface area contributed by atoms with Crippen LogP contribution in [0.2, 0.25) is 0 Å². The molecule has 2 atom stereocenters. The van der Waals surface area contributed by atoms with Gasteiger partial charge in [-0.1, -0.05) is 30.3 Å². The topological polar surface area (TPSA) is 40.1 Å². The monoisotopic (exact) mass is 472 g/mol. The number of hydrogen-bond donors (Lipinski definition) is 1. The molecule has 6 heteroatoms. The number of likely N-dealkylation sites (N-methyl/N-ethyl adjacent to an activating group) is 1. The zero-order chi connectivity index (χ0) is 17.7. The minimum absolute atomic E-state index is 0. The molecule has 0 bridgehead atoms. The van der Waals surface area contributed by atoms with E-state index in [9.17, 15) is 0 Å². The minimum atomic E-state index is 0. The van der Waals surface area contributed by atoms with E-state index < -0.39 is 0 Å². The predicted molar refractivity (Wildman–Crippen MR) is 118 cm³/mol. The SMILES string of the molecule is CN=C(NCC(Cc1ccccc1)N(C)C)N1CCC2(CCOC2)C1.I. The Balaban J connectivity index is 0.00000243. The molecule has 146 valence electrons. The van der Waals surface area contributed by atoms with Gasteiger partial charge in [0.1, 0.15) is 0 Å². The van der Waals surface area contributed by atoms with E-state index in [1.54, 1.807) is 0 Å². The van der Waals surface area contributed by atoms with E-state index in [1.165, 1.54) is 18.4 Å². The fourth-order valence-electron chi connectivity index (χ4n) is 3.95. The summed E-state index contributed by atoms with van der Waals surface area (Å²) in [6.45, 7) is 4.87. The standard InChI is InChI=1S/C20H32N4O.HI/c1-21-19(24-11-9-20(15-24)10-12-25-16-20)22-14-18(23(2)3)13-17-7-5-4-6-8-17;/h4-8,18H,9-16H2,1-3H3,(H,21,22);1H. The number of guanidine groups is 1. The fraction of sp³-hybridized carbons (Fsp3) is 0.650. The number of rotatable bonds is 5. The number of nitrogens with one attached hydrogen (secondary N) is 1. The first-order valence-corrected chi connectivity index (χ1v) is 9.36. The fourth-order valence-corrected chi connectivity index (χ4v) is 3.95. The van der Waals surface area contributed by atoms with Crippen LogP contribution in [0.1, 0.15) is 18.4 Å². The molecule has 0 aliphatic carbocycles. The Hall–Kier alpha value is -0.860. The van der Waals surface area contributed by atoms with Crippen molar-refractivity contribution in [2.45, 2.75) is 25.3 Å². The Morgan fingerprint density at radius 2 is 2.08 bits per heavy atom. The zero-order valence-corrected chi connectivity index (χ0v) is 18.6. The van der Waals surface area contributed by atoms with Crippen molar-refractivity contribution in [1.29, 1.82) is 0 Å². The highest BCUT2D eigenvalue weighted by atomic mass is 127. The van der Waals surface area contributed by atoms with Crippen LogP contribution in [0, 0.1) is 5.41 Å². The Kier molecular flexibility index (Phi) is 8.16. The molecule has 1 N–H and O–H groups in total. The minimum Gasteiger partial charge on any atom is -0.381 e. The van der Waals surface area contributed by atoms with Gasteiger partial charge in [-0.15, -0.1) is 24.0 Å². The molecule has 1 aromatic carbocycles. The summed E-state index contributed by atoms with van der Waals surface area (Å²) in [6, 6.07) is 11.1. The average Bonchev–Trinajstić information content (AvgIpc) is 3.25. The first-order chi connectivity index (χ1) is 12.1. The molecule has 2 fully saturated rings. The number of ether oxygens (including phenoxy) is 1. The summed E-state index contributed by atoms with van der Waals surface area (Å²) in [5.74, 6) is 1.03. The molecule has 1 spiro atoms. The Bertz CT molecular complexity index is 572. The third-order valence-electron chi connectivity index (χ3n) is 5.67. The third-order valence-corrected chi connectivity index (χ3v) is 5.67. The molecule has 0 aromatic heterocycles. The number of likely N-dealkylation sites (tertiary alicyclic amines) is 1. The second-order valence-electron chi connectivity index (χ2n) is 7.71. The van der Waals surface area contributed by atoms with Crippen LogP contribution in [0.5, 0.6) is 0 Å². The summed E-state index contributed by atoms with van der Waals surface area (Å²) >= 11 is 0. The first-order valence-electron chi connectivity index (χ1n) is 9.36. The van der Waals surface area contributed by atoms with Gasteiger partial charge < -0.3 is 19.9 Å². The van der Waals surface area contributed by atoms with Gasteiger partial charge in [-0.25, -0.2) is 0 Å². The van der Waals surface area contributed by atoms with Crippen LogP contribution in [-0.2, 0) is 11.2 Å². The molecule has 0 radical (unpaired) electrons. The number of nitrogens with zero attached hydrogens (tertiary/aromatic N) is 3. The van der Waals surface area contributed by atoms with Crippen molar-refractivity contribution < 1.29 is 4.74 Å². The van der Waals surface area contributed by atoms with Gasteiger partial charge in [0.15, 0.2) is 5.96 Å². The van der Waals surface area contributed by atoms with E-state index in [1.807, 2.05) is 7.05 Å². The number of hydrogen-bond acceptors (Lipinski definition) is 3. The van der Waals surface area contributed by atoms with Gasteiger partial charge in [-0.2, -0.15) is 0 Å². The number of aliphatic imine (C=N–C) groups is 1. The van der Waals surface area contributed by atoms with Crippen LogP contribution in [0.4, 0.5) is 0 Å². The second-order valence-corrected chi connectivity index (χ2v) is 7.71. The van der Waals surface area contributed by atoms with Gasteiger partial charge in [0.2, 0.25) is 0 Å². The lowest BCUT2D eigenvalue weighted by Crippen LogP contribution is -2.47. The van der Waals surface area contributed by atoms with E-state index in [-0.39, 0.29) is 24.0 Å². The van der Waals surface area contributed by atoms with Crippen molar-refractivity contribution in [2.75, 3.05) is 54.0 Å². The maximum absolute atomic E-state index is 5.65. The van der Waals surface area contributed by atoms with Crippen molar-refractivity contribution in [1.82, 2.24) is 15.1 Å². The zero-order valence-electron chi connectivity index (χ0n) is 16.3. The molecule has 2 aliphatic rings. The highest BCUT2D eigenvalue weighted by Gasteiger charge is 2.42. The molecule has 0 saturated carbocycles. The summed E-state index contributed by atoms with van der Waals surface area (Å²) < 4.78 is 5.65. The molecule has 26 heavy (non-hydrogen) atoms. The highest BCUT2D eigenvalue weighted by molar-refractivity contribution is 14.0. The third kappa shape index (κ3) is 5.33. The van der Waals surface area contributed by atoms with Crippen molar-refractivity contribution in [3.63, 3.8) is 0 Å². The first kappa shape index (κ1) is 21.4. The Labute approximate surface area is 175 Å². The second kappa shape index (κ2) is 9.90. The summed E-state index contributed by atoms with van der Waals surface area (Å²) in [6.07, 6.45) is 3.44. The van der Waals surface area contributed by atoms with Crippen LogP contribution in [-0.4, -0.2) is 75.8 Å². The van der Waals surface area contributed by atoms with Crippen LogP contribution < -0.4 is 5.32 Å². The van der Waals surface area contributed by atoms with Gasteiger partial charge in [0.05, 0.1) is 6.61 Å². The summed E-state index contributed by atoms with van der Waals surface area (Å²) in [4.78, 5) is 9.24. The van der Waals surface area contributed by atoms with Gasteiger partial charge in [0.25, 0.3) is 0 Å². The molecule has 5 nitrogen and oxygen atoms in total. The Morgan fingerprint density at radius 3 is 2.69 bits per heavy atom. The maximum atomic E-state index is 5.65. The lowest BCUT2D eigenvalue weighted by Gasteiger charge is -2.29. The number of benzene rings is 1. The average molecular weight is 472 g/mol. The van der Waals surface area contributed by atoms with Crippen molar-refractivity contribution in [3.8, 4) is 0 Å². The van der Waals surface area contributed by atoms with E-state index in [0.717, 1.165) is 45.2 Å². The summed E-state index contributed by atoms with van der Waals surface area (Å²) in [5, 5.41) is 3.61. The number of halogens is 1. The lowest BCUT2D eigenvalue weighted by atomic mass is 9.87. The summed E-state index contributed by atoms with van der Waals surface area (Å²) in [7, 11) is 6.19. The van der Waals surface area contributed by atoms with Crippen molar-refractivity contribution in [3.05, 3.63) is 35.9 Å². The van der Waals surface area contributed by atoms with Crippen LogP contribution >= 0.6 is 24.0 Å². The molecule has 2 aliphatic heterocycles. The van der Waals surface area contributed by atoms with Crippen LogP contribution in [0.25, 0.3) is 0 Å². The van der Waals surface area contributed by atoms with E-state index in [0.29, 0.717) is 11.5 Å². The van der Waals surface area contributed by atoms with Crippen LogP contribution in [0.15, 0.2) is 35.3 Å². The van der Waals surface area contributed by atoms with E-state index in [2.05, 4.69) is 64.5 Å². The van der Waals surface area contributed by atoms with Crippen molar-refractivity contribution >= 4 is 29.9 Å². The van der Waals surface area contributed by atoms with E-state index >= 15 is 0 Å². The molecule has 1 aromatic rings. The Morgan fingerprint density at radius 1 is 1.31 bits per heavy atom. The normalized spacial score (nSPS) is 24.2. The van der Waals surface area contributed by atoms with Crippen LogP contribution in [0.3, 0.4) is 0 Å². The quantitative estimate of drug-likeness (QED) is 0.406. The molecule has 2 unspecified atom stereocenters. The molecular weight excluding hydrogens is 439 g/mol. The molecule has 3 rings (SSSR count). The highest BCUT2D eigenvalue weighted by Crippen LogP contribution is 2.38. The largest absolute Gasteiger partial charge is 0.381 e. The molecule has 0 amide bonds. The summed E-state index contributed by atoms with van der Waals surface area (Å²) in [5.41, 5.74) is 1.74. The lowest BCUT2D eigenvalue weighted by molar-refractivity contribution is 0.156. The van der Waals surface area contributed by atoms with Gasteiger partial charge in [-0.3, -0.25) is 4.99 Å². The van der Waals surface area contributed by atoms with E-state index in [4.69, 9.17) is 4.74 Å². The van der Waals surface area contributed by atoms with Gasteiger partial charge in [0, 0.05) is 44.7 Å². The predicted octanol–water partition coefficient (Wildman–Crippen LogP) is 2.47. The molecule has 2 saturated heterocycles. The molecular formula is C20H33IN4O. The van der Waals surface area contributed by atoms with Gasteiger partial charge in [-0.05, 0) is 38.9 Å². The maximum Gasteiger partial charge on any atom is 0.193 e. The van der Waals surface area contributed by atoms with Crippen molar-refractivity contribution in [2.24, 2.45) is 10.4 Å².